The summed E-state index contributed by atoms with van der Waals surface area (Å²) < 4.78 is 5.50. The molecular weight excluding hydrogens is 435 g/mol. The van der Waals surface area contributed by atoms with E-state index >= 15 is 0 Å². The lowest BCUT2D eigenvalue weighted by molar-refractivity contribution is -0.162. The molecule has 1 N–H and O–H groups in total. The number of hydrogen-bond acceptors (Lipinski definition) is 5. The number of carbonyl (C=O) groups excluding carboxylic acids is 1. The van der Waals surface area contributed by atoms with Gasteiger partial charge >= 0.3 is 5.97 Å². The fourth-order valence-electron chi connectivity index (χ4n) is 3.24. The number of likely N-dealkylation sites (N-methyl/N-ethyl adjacent to an activating group) is 1. The highest BCUT2D eigenvalue weighted by Crippen LogP contribution is 2.32. The zero-order valence-corrected chi connectivity index (χ0v) is 18.7. The van der Waals surface area contributed by atoms with Crippen LogP contribution >= 0.6 is 36.4 Å². The Labute approximate surface area is 189 Å². The smallest absolute Gasteiger partial charge is 0.347 e. The molecule has 3 rings (SSSR count). The van der Waals surface area contributed by atoms with Crippen molar-refractivity contribution in [3.05, 3.63) is 70.7 Å². The molecule has 1 heterocycles. The number of rotatable bonds is 6. The first-order valence-corrected chi connectivity index (χ1v) is 9.50. The molecule has 1 aliphatic rings. The Morgan fingerprint density at radius 2 is 1.66 bits per heavy atom. The van der Waals surface area contributed by atoms with Crippen LogP contribution in [0.1, 0.15) is 11.1 Å². The number of aliphatic hydroxyl groups is 1. The van der Waals surface area contributed by atoms with E-state index in [0.29, 0.717) is 22.7 Å². The van der Waals surface area contributed by atoms with Gasteiger partial charge in [0.1, 0.15) is 6.61 Å². The van der Waals surface area contributed by atoms with E-state index in [9.17, 15) is 9.90 Å². The minimum Gasteiger partial charge on any atom is -0.462 e. The Morgan fingerprint density at radius 1 is 1.03 bits per heavy atom. The van der Waals surface area contributed by atoms with Crippen molar-refractivity contribution in [2.75, 3.05) is 46.4 Å². The zero-order valence-electron chi connectivity index (χ0n) is 16.3. The van der Waals surface area contributed by atoms with E-state index in [1.54, 1.807) is 48.5 Å². The average Bonchev–Trinajstić information content (AvgIpc) is 2.69. The molecule has 1 aliphatic heterocycles. The second-order valence-electron chi connectivity index (χ2n) is 6.87. The second kappa shape index (κ2) is 11.7. The number of hydrogen-bond donors (Lipinski definition) is 1. The van der Waals surface area contributed by atoms with Gasteiger partial charge < -0.3 is 14.7 Å². The Balaban J connectivity index is 0.00000210. The van der Waals surface area contributed by atoms with Crippen LogP contribution in [0, 0.1) is 0 Å². The third kappa shape index (κ3) is 6.32. The molecule has 5 nitrogen and oxygen atoms in total. The molecule has 0 radical (unpaired) electrons. The fraction of sp³-hybridized carbons (Fsp3) is 0.381. The van der Waals surface area contributed by atoms with E-state index in [1.165, 1.54) is 0 Å². The summed E-state index contributed by atoms with van der Waals surface area (Å²) in [5, 5.41) is 11.8. The van der Waals surface area contributed by atoms with Crippen molar-refractivity contribution in [2.45, 2.75) is 5.60 Å². The molecule has 0 saturated carbocycles. The normalized spacial score (nSPS) is 16.8. The SMILES string of the molecule is CN1CCN(CCOC(=O)C(O)(c2ccccc2)c2cccc(Cl)c2)CC1.Cl.Cl. The number of carbonyl (C=O) groups is 1. The standard InChI is InChI=1S/C21H25ClN2O3.2ClH/c1-23-10-12-24(13-11-23)14-15-27-20(25)21(26,17-6-3-2-4-7-17)18-8-5-9-19(22)16-18;;/h2-9,16,26H,10-15H2,1H3;2*1H. The van der Waals surface area contributed by atoms with Crippen molar-refractivity contribution in [3.8, 4) is 0 Å². The molecule has 1 unspecified atom stereocenters. The van der Waals surface area contributed by atoms with Crippen molar-refractivity contribution in [2.24, 2.45) is 0 Å². The minimum absolute atomic E-state index is 0. The number of esters is 1. The van der Waals surface area contributed by atoms with Crippen LogP contribution in [-0.2, 0) is 15.1 Å². The molecule has 8 heteroatoms. The van der Waals surface area contributed by atoms with Crippen molar-refractivity contribution < 1.29 is 14.6 Å². The third-order valence-electron chi connectivity index (χ3n) is 4.97. The van der Waals surface area contributed by atoms with Crippen LogP contribution in [0.15, 0.2) is 54.6 Å². The van der Waals surface area contributed by atoms with E-state index in [4.69, 9.17) is 16.3 Å². The molecule has 160 valence electrons. The van der Waals surface area contributed by atoms with Gasteiger partial charge in [0.2, 0.25) is 5.60 Å². The Morgan fingerprint density at radius 3 is 2.28 bits per heavy atom. The highest BCUT2D eigenvalue weighted by atomic mass is 35.5. The first kappa shape index (κ1) is 25.7. The molecule has 2 aromatic rings. The van der Waals surface area contributed by atoms with Gasteiger partial charge in [0, 0.05) is 43.3 Å². The van der Waals surface area contributed by atoms with Crippen LogP contribution in [0.2, 0.25) is 5.02 Å². The number of ether oxygens (including phenoxy) is 1. The summed E-state index contributed by atoms with van der Waals surface area (Å²) in [5.41, 5.74) is -1.04. The number of benzene rings is 2. The van der Waals surface area contributed by atoms with Gasteiger partial charge in [0.15, 0.2) is 0 Å². The summed E-state index contributed by atoms with van der Waals surface area (Å²) in [6.45, 7) is 4.80. The Hall–Kier alpha value is -1.34. The molecule has 1 saturated heterocycles. The summed E-state index contributed by atoms with van der Waals surface area (Å²) in [4.78, 5) is 17.5. The van der Waals surface area contributed by atoms with Crippen LogP contribution in [-0.4, -0.2) is 67.3 Å². The second-order valence-corrected chi connectivity index (χ2v) is 7.30. The summed E-state index contributed by atoms with van der Waals surface area (Å²) in [6, 6.07) is 15.5. The number of halogens is 3. The van der Waals surface area contributed by atoms with Crippen molar-refractivity contribution in [1.29, 1.82) is 0 Å². The molecule has 1 atom stereocenters. The van der Waals surface area contributed by atoms with Crippen LogP contribution in [0.25, 0.3) is 0 Å². The fourth-order valence-corrected chi connectivity index (χ4v) is 3.43. The van der Waals surface area contributed by atoms with Gasteiger partial charge in [-0.15, -0.1) is 24.8 Å². The highest BCUT2D eigenvalue weighted by Gasteiger charge is 2.41. The molecule has 0 aliphatic carbocycles. The topological polar surface area (TPSA) is 53.0 Å². The van der Waals surface area contributed by atoms with E-state index < -0.39 is 11.6 Å². The minimum atomic E-state index is -1.89. The molecule has 2 aromatic carbocycles. The summed E-state index contributed by atoms with van der Waals surface area (Å²) in [7, 11) is 2.10. The lowest BCUT2D eigenvalue weighted by Gasteiger charge is -2.32. The van der Waals surface area contributed by atoms with Crippen molar-refractivity contribution >= 4 is 42.4 Å². The predicted molar refractivity (Wildman–Crippen MR) is 120 cm³/mol. The average molecular weight is 462 g/mol. The van der Waals surface area contributed by atoms with Gasteiger partial charge in [-0.25, -0.2) is 4.79 Å². The first-order chi connectivity index (χ1) is 13.0. The third-order valence-corrected chi connectivity index (χ3v) is 5.20. The Bertz CT molecular complexity index is 771. The summed E-state index contributed by atoms with van der Waals surface area (Å²) in [5.74, 6) is -0.690. The van der Waals surface area contributed by atoms with E-state index in [2.05, 4.69) is 16.8 Å². The lowest BCUT2D eigenvalue weighted by atomic mass is 9.86. The summed E-state index contributed by atoms with van der Waals surface area (Å²) in [6.07, 6.45) is 0. The van der Waals surface area contributed by atoms with E-state index in [-0.39, 0.29) is 31.4 Å². The van der Waals surface area contributed by atoms with Crippen LogP contribution < -0.4 is 0 Å². The molecule has 1 fully saturated rings. The predicted octanol–water partition coefficient (Wildman–Crippen LogP) is 3.21. The molecule has 29 heavy (non-hydrogen) atoms. The van der Waals surface area contributed by atoms with Gasteiger partial charge in [0.05, 0.1) is 0 Å². The molecule has 0 amide bonds. The van der Waals surface area contributed by atoms with Gasteiger partial charge in [-0.2, -0.15) is 0 Å². The van der Waals surface area contributed by atoms with Crippen LogP contribution in [0.3, 0.4) is 0 Å². The molecular formula is C21H27Cl3N2O3. The number of piperazine rings is 1. The maximum absolute atomic E-state index is 12.9. The van der Waals surface area contributed by atoms with E-state index in [1.807, 2.05) is 6.07 Å². The molecule has 0 spiro atoms. The largest absolute Gasteiger partial charge is 0.462 e. The lowest BCUT2D eigenvalue weighted by Crippen LogP contribution is -2.46. The van der Waals surface area contributed by atoms with Gasteiger partial charge in [-0.1, -0.05) is 54.1 Å². The maximum Gasteiger partial charge on any atom is 0.347 e. The van der Waals surface area contributed by atoms with Gasteiger partial charge in [-0.3, -0.25) is 4.90 Å². The van der Waals surface area contributed by atoms with Crippen LogP contribution in [0.4, 0.5) is 0 Å². The monoisotopic (exact) mass is 460 g/mol. The summed E-state index contributed by atoms with van der Waals surface area (Å²) >= 11 is 6.09. The van der Waals surface area contributed by atoms with Crippen LogP contribution in [0.5, 0.6) is 0 Å². The molecule has 0 bridgehead atoms. The van der Waals surface area contributed by atoms with Gasteiger partial charge in [-0.05, 0) is 24.7 Å². The van der Waals surface area contributed by atoms with E-state index in [0.717, 1.165) is 26.2 Å². The maximum atomic E-state index is 12.9. The number of nitrogens with zero attached hydrogens (tertiary/aromatic N) is 2. The Kier molecular flexibility index (Phi) is 10.4. The zero-order chi connectivity index (χ0) is 19.3. The molecule has 0 aromatic heterocycles. The highest BCUT2D eigenvalue weighted by molar-refractivity contribution is 6.30. The first-order valence-electron chi connectivity index (χ1n) is 9.12. The van der Waals surface area contributed by atoms with Crippen molar-refractivity contribution in [1.82, 2.24) is 9.80 Å². The quantitative estimate of drug-likeness (QED) is 0.670. The van der Waals surface area contributed by atoms with Gasteiger partial charge in [0.25, 0.3) is 0 Å². The van der Waals surface area contributed by atoms with Crippen molar-refractivity contribution in [3.63, 3.8) is 0 Å².